The number of carbonyl (C=O) groups excluding carboxylic acids is 1. The van der Waals surface area contributed by atoms with Gasteiger partial charge in [-0.25, -0.2) is 9.37 Å². The number of piperidine rings is 1. The van der Waals surface area contributed by atoms with Crippen LogP contribution in [0, 0.1) is 5.82 Å². The lowest BCUT2D eigenvalue weighted by atomic mass is 9.96. The normalized spacial score (nSPS) is 15.3. The lowest BCUT2D eigenvalue weighted by Crippen LogP contribution is -2.40. The summed E-state index contributed by atoms with van der Waals surface area (Å²) in [6.45, 7) is 1.40. The number of H-pyrrole nitrogens is 1. The summed E-state index contributed by atoms with van der Waals surface area (Å²) >= 11 is 0. The number of nitrogens with one attached hydrogen (secondary N) is 1. The Hall–Kier alpha value is -2.89. The van der Waals surface area contributed by atoms with Crippen molar-refractivity contribution in [1.82, 2.24) is 14.9 Å². The van der Waals surface area contributed by atoms with E-state index in [-0.39, 0.29) is 24.2 Å². The van der Waals surface area contributed by atoms with Crippen molar-refractivity contribution >= 4 is 16.9 Å². The zero-order chi connectivity index (χ0) is 17.9. The Bertz CT molecular complexity index is 902. The molecule has 1 aliphatic rings. The molecule has 1 N–H and O–H groups in total. The van der Waals surface area contributed by atoms with Crippen LogP contribution in [0.1, 0.15) is 24.6 Å². The molecular weight excluding hydrogens is 333 g/mol. The third-order valence-electron chi connectivity index (χ3n) is 4.80. The van der Waals surface area contributed by atoms with Gasteiger partial charge in [0.15, 0.2) is 6.61 Å². The van der Waals surface area contributed by atoms with E-state index in [0.29, 0.717) is 18.8 Å². The summed E-state index contributed by atoms with van der Waals surface area (Å²) in [4.78, 5) is 22.0. The van der Waals surface area contributed by atoms with Crippen molar-refractivity contribution in [3.8, 4) is 5.75 Å². The van der Waals surface area contributed by atoms with Crippen molar-refractivity contribution in [2.24, 2.45) is 0 Å². The number of benzene rings is 2. The lowest BCUT2D eigenvalue weighted by molar-refractivity contribution is -0.134. The van der Waals surface area contributed by atoms with Crippen molar-refractivity contribution in [2.45, 2.75) is 18.8 Å². The average molecular weight is 353 g/mol. The molecular formula is C20H20FN3O2. The fraction of sp³-hybridized carbons (Fsp3) is 0.300. The van der Waals surface area contributed by atoms with E-state index in [9.17, 15) is 9.18 Å². The zero-order valence-electron chi connectivity index (χ0n) is 14.3. The van der Waals surface area contributed by atoms with Gasteiger partial charge in [0, 0.05) is 19.0 Å². The number of hydrogen-bond donors (Lipinski definition) is 1. The molecule has 3 aromatic rings. The quantitative estimate of drug-likeness (QED) is 0.781. The minimum absolute atomic E-state index is 0.000944. The second-order valence-electron chi connectivity index (χ2n) is 6.54. The van der Waals surface area contributed by atoms with E-state index in [0.717, 1.165) is 29.7 Å². The van der Waals surface area contributed by atoms with Crippen LogP contribution >= 0.6 is 0 Å². The number of likely N-dealkylation sites (tertiary alicyclic amines) is 1. The van der Waals surface area contributed by atoms with Crippen molar-refractivity contribution in [3.63, 3.8) is 0 Å². The number of aromatic amines is 1. The number of hydrogen-bond acceptors (Lipinski definition) is 3. The lowest BCUT2D eigenvalue weighted by Gasteiger charge is -2.31. The predicted molar refractivity (Wildman–Crippen MR) is 96.5 cm³/mol. The summed E-state index contributed by atoms with van der Waals surface area (Å²) in [5.74, 6) is 1.55. The maximum atomic E-state index is 13.3. The van der Waals surface area contributed by atoms with Gasteiger partial charge >= 0.3 is 0 Å². The highest BCUT2D eigenvalue weighted by molar-refractivity contribution is 5.78. The Kier molecular flexibility index (Phi) is 4.56. The number of imidazole rings is 1. The minimum Gasteiger partial charge on any atom is -0.484 e. The SMILES string of the molecule is O=C(COc1ccccc1)N1CCC(c2nc3ccc(F)cc3[nH]2)CC1. The van der Waals surface area contributed by atoms with E-state index >= 15 is 0 Å². The Morgan fingerprint density at radius 1 is 1.19 bits per heavy atom. The monoisotopic (exact) mass is 353 g/mol. The highest BCUT2D eigenvalue weighted by Gasteiger charge is 2.26. The first kappa shape index (κ1) is 16.6. The number of halogens is 1. The fourth-order valence-electron chi connectivity index (χ4n) is 3.35. The smallest absolute Gasteiger partial charge is 0.260 e. The molecule has 0 spiro atoms. The number of para-hydroxylation sites is 1. The molecule has 1 saturated heterocycles. The minimum atomic E-state index is -0.272. The third-order valence-corrected chi connectivity index (χ3v) is 4.80. The largest absolute Gasteiger partial charge is 0.484 e. The Labute approximate surface area is 150 Å². The van der Waals surface area contributed by atoms with Crippen LogP contribution in [0.15, 0.2) is 48.5 Å². The predicted octanol–water partition coefficient (Wildman–Crippen LogP) is 3.49. The van der Waals surface area contributed by atoms with Gasteiger partial charge in [0.2, 0.25) is 0 Å². The maximum Gasteiger partial charge on any atom is 0.260 e. The molecule has 26 heavy (non-hydrogen) atoms. The highest BCUT2D eigenvalue weighted by atomic mass is 19.1. The molecule has 0 unspecified atom stereocenters. The number of aromatic nitrogens is 2. The first-order chi connectivity index (χ1) is 12.7. The molecule has 0 aliphatic carbocycles. The van der Waals surface area contributed by atoms with Crippen LogP contribution in [0.3, 0.4) is 0 Å². The van der Waals surface area contributed by atoms with Gasteiger partial charge in [-0.15, -0.1) is 0 Å². The fourth-order valence-corrected chi connectivity index (χ4v) is 3.35. The number of carbonyl (C=O) groups is 1. The summed E-state index contributed by atoms with van der Waals surface area (Å²) in [6, 6.07) is 13.9. The summed E-state index contributed by atoms with van der Waals surface area (Å²) < 4.78 is 18.9. The van der Waals surface area contributed by atoms with Crippen molar-refractivity contribution in [1.29, 1.82) is 0 Å². The Balaban J connectivity index is 1.33. The second-order valence-corrected chi connectivity index (χ2v) is 6.54. The van der Waals surface area contributed by atoms with E-state index in [1.54, 1.807) is 6.07 Å². The molecule has 1 aliphatic heterocycles. The van der Waals surface area contributed by atoms with Gasteiger partial charge in [0.25, 0.3) is 5.91 Å². The molecule has 1 amide bonds. The zero-order valence-corrected chi connectivity index (χ0v) is 14.3. The number of fused-ring (bicyclic) bond motifs is 1. The van der Waals surface area contributed by atoms with Crippen LogP contribution in [0.5, 0.6) is 5.75 Å². The van der Waals surface area contributed by atoms with E-state index in [1.165, 1.54) is 12.1 Å². The molecule has 1 fully saturated rings. The molecule has 6 heteroatoms. The van der Waals surface area contributed by atoms with Gasteiger partial charge in [-0.2, -0.15) is 0 Å². The highest BCUT2D eigenvalue weighted by Crippen LogP contribution is 2.28. The summed E-state index contributed by atoms with van der Waals surface area (Å²) in [5, 5.41) is 0. The van der Waals surface area contributed by atoms with E-state index in [4.69, 9.17) is 4.74 Å². The molecule has 0 atom stereocenters. The van der Waals surface area contributed by atoms with Crippen molar-refractivity contribution < 1.29 is 13.9 Å². The van der Waals surface area contributed by atoms with Crippen LogP contribution in [0.2, 0.25) is 0 Å². The number of rotatable bonds is 4. The van der Waals surface area contributed by atoms with Crippen molar-refractivity contribution in [3.05, 3.63) is 60.2 Å². The van der Waals surface area contributed by atoms with Crippen LogP contribution in [0.4, 0.5) is 4.39 Å². The molecule has 0 bridgehead atoms. The molecule has 0 saturated carbocycles. The first-order valence-corrected chi connectivity index (χ1v) is 8.80. The average Bonchev–Trinajstić information content (AvgIpc) is 3.10. The third kappa shape index (κ3) is 3.54. The topological polar surface area (TPSA) is 58.2 Å². The number of ether oxygens (including phenoxy) is 1. The van der Waals surface area contributed by atoms with Gasteiger partial charge in [-0.3, -0.25) is 4.79 Å². The van der Waals surface area contributed by atoms with E-state index in [2.05, 4.69) is 9.97 Å². The van der Waals surface area contributed by atoms with Crippen LogP contribution in [-0.4, -0.2) is 40.5 Å². The molecule has 0 radical (unpaired) electrons. The number of nitrogens with zero attached hydrogens (tertiary/aromatic N) is 2. The van der Waals surface area contributed by atoms with Gasteiger partial charge in [-0.1, -0.05) is 18.2 Å². The second kappa shape index (κ2) is 7.15. The van der Waals surface area contributed by atoms with Crippen LogP contribution in [0.25, 0.3) is 11.0 Å². The standard InChI is InChI=1S/C20H20FN3O2/c21-15-6-7-17-18(12-15)23-20(22-17)14-8-10-24(11-9-14)19(25)13-26-16-4-2-1-3-5-16/h1-7,12,14H,8-11,13H2,(H,22,23). The Morgan fingerprint density at radius 3 is 2.73 bits per heavy atom. The first-order valence-electron chi connectivity index (χ1n) is 8.80. The van der Waals surface area contributed by atoms with Gasteiger partial charge < -0.3 is 14.6 Å². The van der Waals surface area contributed by atoms with Crippen LogP contribution < -0.4 is 4.74 Å². The summed E-state index contributed by atoms with van der Waals surface area (Å²) in [5.41, 5.74) is 1.49. The summed E-state index contributed by atoms with van der Waals surface area (Å²) in [7, 11) is 0. The van der Waals surface area contributed by atoms with E-state index in [1.807, 2.05) is 35.2 Å². The molecule has 134 valence electrons. The number of amides is 1. The van der Waals surface area contributed by atoms with Gasteiger partial charge in [0.1, 0.15) is 17.4 Å². The van der Waals surface area contributed by atoms with Gasteiger partial charge in [0.05, 0.1) is 11.0 Å². The van der Waals surface area contributed by atoms with Crippen LogP contribution in [-0.2, 0) is 4.79 Å². The molecule has 1 aromatic heterocycles. The van der Waals surface area contributed by atoms with E-state index < -0.39 is 0 Å². The van der Waals surface area contributed by atoms with Gasteiger partial charge in [-0.05, 0) is 43.2 Å². The summed E-state index contributed by atoms with van der Waals surface area (Å²) in [6.07, 6.45) is 1.67. The van der Waals surface area contributed by atoms with Crippen molar-refractivity contribution in [2.75, 3.05) is 19.7 Å². The molecule has 2 aromatic carbocycles. The molecule has 5 nitrogen and oxygen atoms in total. The Morgan fingerprint density at radius 2 is 1.96 bits per heavy atom. The molecule has 4 rings (SSSR count). The molecule has 2 heterocycles. The maximum absolute atomic E-state index is 13.3.